The van der Waals surface area contributed by atoms with Crippen molar-refractivity contribution in [3.8, 4) is 11.1 Å². The van der Waals surface area contributed by atoms with Crippen molar-refractivity contribution >= 4 is 28.9 Å². The van der Waals surface area contributed by atoms with Gasteiger partial charge in [-0.2, -0.15) is 0 Å². The molecular weight excluding hydrogens is 366 g/mol. The van der Waals surface area contributed by atoms with Gasteiger partial charge in [0.2, 0.25) is 11.8 Å². The largest absolute Gasteiger partial charge is 0.376 e. The van der Waals surface area contributed by atoms with Crippen molar-refractivity contribution in [1.82, 2.24) is 0 Å². The van der Waals surface area contributed by atoms with Gasteiger partial charge in [-0.25, -0.2) is 0 Å². The van der Waals surface area contributed by atoms with Crippen LogP contribution in [0.1, 0.15) is 0 Å². The molecule has 3 rings (SSSR count). The highest BCUT2D eigenvalue weighted by atomic mass is 16.5. The number of amides is 2. The average Bonchev–Trinajstić information content (AvgIpc) is 2.74. The van der Waals surface area contributed by atoms with Crippen LogP contribution in [0.4, 0.5) is 17.1 Å². The van der Waals surface area contributed by atoms with E-state index in [1.165, 1.54) is 7.11 Å². The number of anilines is 3. The number of methoxy groups -OCH3 is 1. The SMILES string of the molecule is COCC(=O)Nc1cccc(NCC(=O)Nc2ccc(-c3ccccc3)cc2)c1. The third-order valence-electron chi connectivity index (χ3n) is 4.15. The standard InChI is InChI=1S/C23H23N3O3/c1-29-16-23(28)26-21-9-5-8-20(14-21)24-15-22(27)25-19-12-10-18(11-13-19)17-6-3-2-4-7-17/h2-14,24H,15-16H2,1H3,(H,25,27)(H,26,28). The number of rotatable bonds is 8. The van der Waals surface area contributed by atoms with Crippen LogP contribution in [0.3, 0.4) is 0 Å². The van der Waals surface area contributed by atoms with E-state index in [-0.39, 0.29) is 25.0 Å². The molecule has 0 atom stereocenters. The van der Waals surface area contributed by atoms with E-state index in [4.69, 9.17) is 4.74 Å². The van der Waals surface area contributed by atoms with Gasteiger partial charge in [-0.1, -0.05) is 48.5 Å². The molecule has 0 unspecified atom stereocenters. The van der Waals surface area contributed by atoms with Gasteiger partial charge in [-0.15, -0.1) is 0 Å². The van der Waals surface area contributed by atoms with Crippen LogP contribution in [-0.2, 0) is 14.3 Å². The average molecular weight is 389 g/mol. The Morgan fingerprint density at radius 2 is 1.38 bits per heavy atom. The quantitative estimate of drug-likeness (QED) is 0.544. The van der Waals surface area contributed by atoms with Gasteiger partial charge in [-0.3, -0.25) is 9.59 Å². The van der Waals surface area contributed by atoms with E-state index in [2.05, 4.69) is 16.0 Å². The van der Waals surface area contributed by atoms with Crippen molar-refractivity contribution < 1.29 is 14.3 Å². The van der Waals surface area contributed by atoms with Gasteiger partial charge in [0, 0.05) is 24.2 Å². The zero-order valence-electron chi connectivity index (χ0n) is 16.1. The lowest BCUT2D eigenvalue weighted by atomic mass is 10.1. The molecule has 6 heteroatoms. The number of benzene rings is 3. The van der Waals surface area contributed by atoms with E-state index in [1.54, 1.807) is 18.2 Å². The molecule has 0 saturated heterocycles. The van der Waals surface area contributed by atoms with E-state index in [9.17, 15) is 9.59 Å². The molecule has 148 valence electrons. The molecule has 0 heterocycles. The number of carbonyl (C=O) groups is 2. The van der Waals surface area contributed by atoms with Crippen LogP contribution in [0.2, 0.25) is 0 Å². The zero-order chi connectivity index (χ0) is 20.5. The summed E-state index contributed by atoms with van der Waals surface area (Å²) in [5, 5.41) is 8.64. The third kappa shape index (κ3) is 6.19. The topological polar surface area (TPSA) is 79.5 Å². The lowest BCUT2D eigenvalue weighted by Gasteiger charge is -2.10. The smallest absolute Gasteiger partial charge is 0.250 e. The summed E-state index contributed by atoms with van der Waals surface area (Å²) in [4.78, 5) is 23.8. The predicted molar refractivity (Wildman–Crippen MR) is 116 cm³/mol. The highest BCUT2D eigenvalue weighted by molar-refractivity contribution is 5.94. The Bertz CT molecular complexity index is 957. The van der Waals surface area contributed by atoms with E-state index >= 15 is 0 Å². The van der Waals surface area contributed by atoms with Crippen LogP contribution >= 0.6 is 0 Å². The van der Waals surface area contributed by atoms with Gasteiger partial charge in [-0.05, 0) is 41.5 Å². The number of carbonyl (C=O) groups excluding carboxylic acids is 2. The van der Waals surface area contributed by atoms with Crippen LogP contribution in [0.15, 0.2) is 78.9 Å². The van der Waals surface area contributed by atoms with Gasteiger partial charge >= 0.3 is 0 Å². The lowest BCUT2D eigenvalue weighted by molar-refractivity contribution is -0.119. The molecule has 0 aliphatic heterocycles. The lowest BCUT2D eigenvalue weighted by Crippen LogP contribution is -2.22. The Morgan fingerprint density at radius 1 is 0.724 bits per heavy atom. The van der Waals surface area contributed by atoms with Crippen LogP contribution in [0.5, 0.6) is 0 Å². The van der Waals surface area contributed by atoms with Gasteiger partial charge in [0.25, 0.3) is 0 Å². The van der Waals surface area contributed by atoms with Gasteiger partial charge in [0.1, 0.15) is 6.61 Å². The molecule has 0 saturated carbocycles. The first-order valence-electron chi connectivity index (χ1n) is 9.22. The Labute approximate surface area is 169 Å². The minimum atomic E-state index is -0.235. The summed E-state index contributed by atoms with van der Waals surface area (Å²) in [7, 11) is 1.46. The highest BCUT2D eigenvalue weighted by Crippen LogP contribution is 2.21. The van der Waals surface area contributed by atoms with Crippen molar-refractivity contribution in [1.29, 1.82) is 0 Å². The predicted octanol–water partition coefficient (Wildman–Crippen LogP) is 3.99. The summed E-state index contributed by atoms with van der Waals surface area (Å²) in [6.07, 6.45) is 0. The Morgan fingerprint density at radius 3 is 2.10 bits per heavy atom. The molecule has 0 aromatic heterocycles. The Kier molecular flexibility index (Phi) is 6.97. The highest BCUT2D eigenvalue weighted by Gasteiger charge is 2.05. The van der Waals surface area contributed by atoms with Crippen LogP contribution in [-0.4, -0.2) is 32.1 Å². The molecule has 0 bridgehead atoms. The van der Waals surface area contributed by atoms with Gasteiger partial charge < -0.3 is 20.7 Å². The number of hydrogen-bond acceptors (Lipinski definition) is 4. The molecular formula is C23H23N3O3. The van der Waals surface area contributed by atoms with E-state index in [1.807, 2.05) is 60.7 Å². The number of nitrogens with one attached hydrogen (secondary N) is 3. The Hall–Kier alpha value is -3.64. The molecule has 0 radical (unpaired) electrons. The molecule has 0 fully saturated rings. The van der Waals surface area contributed by atoms with Crippen LogP contribution in [0, 0.1) is 0 Å². The van der Waals surface area contributed by atoms with Gasteiger partial charge in [0.05, 0.1) is 6.54 Å². The fourth-order valence-electron chi connectivity index (χ4n) is 2.80. The minimum absolute atomic E-state index is 0.0108. The molecule has 0 spiro atoms. The van der Waals surface area contributed by atoms with E-state index < -0.39 is 0 Å². The summed E-state index contributed by atoms with van der Waals surface area (Å²) in [5.74, 6) is -0.396. The second kappa shape index (κ2) is 10.1. The molecule has 2 amide bonds. The maximum atomic E-state index is 12.2. The van der Waals surface area contributed by atoms with Crippen molar-refractivity contribution in [3.05, 3.63) is 78.9 Å². The zero-order valence-corrected chi connectivity index (χ0v) is 16.1. The Balaban J connectivity index is 1.52. The van der Waals surface area contributed by atoms with Crippen molar-refractivity contribution in [2.45, 2.75) is 0 Å². The summed E-state index contributed by atoms with van der Waals surface area (Å²) in [6.45, 7) is 0.0963. The van der Waals surface area contributed by atoms with E-state index in [0.717, 1.165) is 22.5 Å². The van der Waals surface area contributed by atoms with Gasteiger partial charge in [0.15, 0.2) is 0 Å². The van der Waals surface area contributed by atoms with Crippen LogP contribution in [0.25, 0.3) is 11.1 Å². The molecule has 0 aliphatic carbocycles. The number of hydrogen-bond donors (Lipinski definition) is 3. The summed E-state index contributed by atoms with van der Waals surface area (Å²) in [6, 6.07) is 24.9. The van der Waals surface area contributed by atoms with E-state index in [0.29, 0.717) is 5.69 Å². The summed E-state index contributed by atoms with van der Waals surface area (Å²) < 4.78 is 4.79. The second-order valence-electron chi connectivity index (χ2n) is 6.41. The monoisotopic (exact) mass is 389 g/mol. The molecule has 0 aliphatic rings. The molecule has 29 heavy (non-hydrogen) atoms. The minimum Gasteiger partial charge on any atom is -0.376 e. The molecule has 6 nitrogen and oxygen atoms in total. The first-order valence-corrected chi connectivity index (χ1v) is 9.22. The normalized spacial score (nSPS) is 10.2. The molecule has 3 aromatic rings. The first kappa shape index (κ1) is 20.1. The van der Waals surface area contributed by atoms with Crippen molar-refractivity contribution in [2.75, 3.05) is 36.2 Å². The van der Waals surface area contributed by atoms with Crippen LogP contribution < -0.4 is 16.0 Å². The molecule has 3 aromatic carbocycles. The van der Waals surface area contributed by atoms with Crippen molar-refractivity contribution in [2.24, 2.45) is 0 Å². The summed E-state index contributed by atoms with van der Waals surface area (Å²) >= 11 is 0. The second-order valence-corrected chi connectivity index (χ2v) is 6.41. The maximum absolute atomic E-state index is 12.2. The maximum Gasteiger partial charge on any atom is 0.250 e. The third-order valence-corrected chi connectivity index (χ3v) is 4.15. The fourth-order valence-corrected chi connectivity index (χ4v) is 2.80. The van der Waals surface area contributed by atoms with Crippen molar-refractivity contribution in [3.63, 3.8) is 0 Å². The summed E-state index contributed by atoms with van der Waals surface area (Å²) in [5.41, 5.74) is 4.32. The number of ether oxygens (including phenoxy) is 1. The fraction of sp³-hybridized carbons (Fsp3) is 0.130. The first-order chi connectivity index (χ1) is 14.1. The molecule has 3 N–H and O–H groups in total.